The molecule has 0 aliphatic carbocycles. The van der Waals surface area contributed by atoms with Gasteiger partial charge < -0.3 is 15.1 Å². The first-order valence-corrected chi connectivity index (χ1v) is 5.43. The lowest BCUT2D eigenvalue weighted by molar-refractivity contribution is -0.141. The molecular weight excluding hydrogens is 262 g/mol. The maximum atomic E-state index is 13.4. The smallest absolute Gasteiger partial charge is 0.326 e. The van der Waals surface area contributed by atoms with E-state index in [4.69, 9.17) is 5.11 Å². The number of carboxylic acids is 1. The lowest BCUT2D eigenvalue weighted by Crippen LogP contribution is -2.41. The molecule has 0 aromatic carbocycles. The Morgan fingerprint density at radius 2 is 2.11 bits per heavy atom. The molecule has 1 amide bonds. The fraction of sp³-hybridized carbons (Fsp3) is 0.364. The minimum Gasteiger partial charge on any atom is -0.480 e. The second kappa shape index (κ2) is 4.88. The summed E-state index contributed by atoms with van der Waals surface area (Å²) in [6.45, 7) is -0.237. The van der Waals surface area contributed by atoms with Crippen molar-refractivity contribution in [1.29, 1.82) is 0 Å². The fourth-order valence-electron chi connectivity index (χ4n) is 2.01. The SMILES string of the molecule is O=C(O)[C@@H]1CC(O)CN1C(=O)c1ccnc(F)c1F. The topological polar surface area (TPSA) is 90.7 Å². The fourth-order valence-corrected chi connectivity index (χ4v) is 2.01. The molecule has 1 saturated heterocycles. The summed E-state index contributed by atoms with van der Waals surface area (Å²) in [6, 6.07) is -0.289. The van der Waals surface area contributed by atoms with Crippen LogP contribution in [0.1, 0.15) is 16.8 Å². The number of aromatic nitrogens is 1. The summed E-state index contributed by atoms with van der Waals surface area (Å²) < 4.78 is 26.4. The van der Waals surface area contributed by atoms with Gasteiger partial charge in [-0.1, -0.05) is 0 Å². The van der Waals surface area contributed by atoms with E-state index in [-0.39, 0.29) is 13.0 Å². The molecule has 1 unspecified atom stereocenters. The Balaban J connectivity index is 2.33. The molecule has 1 aliphatic heterocycles. The summed E-state index contributed by atoms with van der Waals surface area (Å²) in [5.41, 5.74) is -0.604. The summed E-state index contributed by atoms with van der Waals surface area (Å²) in [5, 5.41) is 18.3. The molecule has 0 saturated carbocycles. The van der Waals surface area contributed by atoms with Crippen LogP contribution in [0.3, 0.4) is 0 Å². The number of aliphatic hydroxyl groups is 1. The van der Waals surface area contributed by atoms with Crippen LogP contribution in [0, 0.1) is 11.8 Å². The number of rotatable bonds is 2. The molecule has 2 N–H and O–H groups in total. The van der Waals surface area contributed by atoms with Gasteiger partial charge in [-0.25, -0.2) is 14.2 Å². The first-order valence-electron chi connectivity index (χ1n) is 5.43. The van der Waals surface area contributed by atoms with E-state index in [1.54, 1.807) is 0 Å². The Morgan fingerprint density at radius 3 is 2.74 bits per heavy atom. The van der Waals surface area contributed by atoms with Crippen molar-refractivity contribution in [3.05, 3.63) is 29.6 Å². The van der Waals surface area contributed by atoms with Gasteiger partial charge in [0.15, 0.2) is 5.82 Å². The monoisotopic (exact) mass is 272 g/mol. The Kier molecular flexibility index (Phi) is 3.43. The van der Waals surface area contributed by atoms with E-state index in [0.29, 0.717) is 0 Å². The van der Waals surface area contributed by atoms with E-state index in [9.17, 15) is 23.5 Å². The number of aliphatic hydroxyl groups excluding tert-OH is 1. The Bertz CT molecular complexity index is 537. The Labute approximate surface area is 106 Å². The van der Waals surface area contributed by atoms with Crippen LogP contribution < -0.4 is 0 Å². The average Bonchev–Trinajstić information content (AvgIpc) is 2.74. The molecule has 1 aromatic heterocycles. The zero-order valence-electron chi connectivity index (χ0n) is 9.58. The van der Waals surface area contributed by atoms with Gasteiger partial charge >= 0.3 is 5.97 Å². The summed E-state index contributed by atoms with van der Waals surface area (Å²) in [6.07, 6.45) is -0.232. The number of nitrogens with zero attached hydrogens (tertiary/aromatic N) is 2. The third kappa shape index (κ3) is 2.39. The van der Waals surface area contributed by atoms with Crippen LogP contribution in [0.25, 0.3) is 0 Å². The van der Waals surface area contributed by atoms with Gasteiger partial charge in [0.2, 0.25) is 5.95 Å². The summed E-state index contributed by atoms with van der Waals surface area (Å²) in [5.74, 6) is -5.15. The number of aliphatic carboxylic acids is 1. The maximum Gasteiger partial charge on any atom is 0.326 e. The van der Waals surface area contributed by atoms with Gasteiger partial charge in [0.1, 0.15) is 6.04 Å². The van der Waals surface area contributed by atoms with Crippen LogP contribution in [0.15, 0.2) is 12.3 Å². The number of carboxylic acid groups (broad SMARTS) is 1. The molecule has 2 rings (SSSR count). The first-order chi connectivity index (χ1) is 8.91. The molecule has 102 valence electrons. The number of β-amino-alcohol motifs (C(OH)–C–C–N with tert-alkyl or cyclic N) is 1. The van der Waals surface area contributed by atoms with Crippen LogP contribution in [0.4, 0.5) is 8.78 Å². The summed E-state index contributed by atoms with van der Waals surface area (Å²) in [4.78, 5) is 26.8. The van der Waals surface area contributed by atoms with Crippen molar-refractivity contribution in [3.63, 3.8) is 0 Å². The third-order valence-corrected chi connectivity index (χ3v) is 2.90. The number of amides is 1. The van der Waals surface area contributed by atoms with Gasteiger partial charge in [0.05, 0.1) is 11.7 Å². The maximum absolute atomic E-state index is 13.4. The lowest BCUT2D eigenvalue weighted by atomic mass is 10.2. The van der Waals surface area contributed by atoms with Gasteiger partial charge in [-0.15, -0.1) is 0 Å². The molecule has 1 fully saturated rings. The zero-order valence-corrected chi connectivity index (χ0v) is 9.58. The highest BCUT2D eigenvalue weighted by atomic mass is 19.2. The van der Waals surface area contributed by atoms with Crippen LogP contribution in [-0.4, -0.2) is 50.7 Å². The normalized spacial score (nSPS) is 22.6. The van der Waals surface area contributed by atoms with Crippen molar-refractivity contribution in [2.24, 2.45) is 0 Å². The summed E-state index contributed by atoms with van der Waals surface area (Å²) in [7, 11) is 0. The molecule has 6 nitrogen and oxygen atoms in total. The first kappa shape index (κ1) is 13.3. The molecule has 0 spiro atoms. The molecule has 8 heteroatoms. The van der Waals surface area contributed by atoms with Gasteiger partial charge in [-0.3, -0.25) is 4.79 Å². The summed E-state index contributed by atoms with van der Waals surface area (Å²) >= 11 is 0. The van der Waals surface area contributed by atoms with Crippen molar-refractivity contribution in [2.45, 2.75) is 18.6 Å². The van der Waals surface area contributed by atoms with Crippen LogP contribution in [0.2, 0.25) is 0 Å². The van der Waals surface area contributed by atoms with Crippen molar-refractivity contribution >= 4 is 11.9 Å². The molecule has 2 atom stereocenters. The van der Waals surface area contributed by atoms with Crippen LogP contribution in [-0.2, 0) is 4.79 Å². The number of hydrogen-bond acceptors (Lipinski definition) is 4. The van der Waals surface area contributed by atoms with Crippen molar-refractivity contribution in [1.82, 2.24) is 9.88 Å². The standard InChI is InChI=1S/C11H10F2N2O4/c12-8-6(1-2-14-9(8)13)10(17)15-4-5(16)3-7(15)11(18)19/h1-2,5,7,16H,3-4H2,(H,18,19)/t5?,7-/m0/s1. The van der Waals surface area contributed by atoms with Gasteiger partial charge in [0, 0.05) is 19.2 Å². The van der Waals surface area contributed by atoms with Gasteiger partial charge in [-0.05, 0) is 6.07 Å². The molecule has 0 radical (unpaired) electrons. The largest absolute Gasteiger partial charge is 0.480 e. The minimum atomic E-state index is -1.43. The predicted octanol–water partition coefficient (Wildman–Crippen LogP) is 0.0198. The Morgan fingerprint density at radius 1 is 1.42 bits per heavy atom. The quantitative estimate of drug-likeness (QED) is 0.741. The minimum absolute atomic E-state index is 0.143. The number of pyridine rings is 1. The second-order valence-electron chi connectivity index (χ2n) is 4.16. The molecule has 0 bridgehead atoms. The number of likely N-dealkylation sites (tertiary alicyclic amines) is 1. The van der Waals surface area contributed by atoms with E-state index in [1.165, 1.54) is 0 Å². The van der Waals surface area contributed by atoms with E-state index >= 15 is 0 Å². The van der Waals surface area contributed by atoms with E-state index < -0.39 is 41.4 Å². The van der Waals surface area contributed by atoms with E-state index in [2.05, 4.69) is 4.98 Å². The molecule has 1 aliphatic rings. The van der Waals surface area contributed by atoms with Crippen molar-refractivity contribution in [2.75, 3.05) is 6.54 Å². The highest BCUT2D eigenvalue weighted by Gasteiger charge is 2.40. The third-order valence-electron chi connectivity index (χ3n) is 2.90. The average molecular weight is 272 g/mol. The Hall–Kier alpha value is -2.09. The number of carbonyl (C=O) groups excluding carboxylic acids is 1. The molecule has 19 heavy (non-hydrogen) atoms. The highest BCUT2D eigenvalue weighted by molar-refractivity contribution is 5.97. The van der Waals surface area contributed by atoms with Crippen LogP contribution >= 0.6 is 0 Å². The number of carbonyl (C=O) groups is 2. The van der Waals surface area contributed by atoms with E-state index in [1.807, 2.05) is 0 Å². The lowest BCUT2D eigenvalue weighted by Gasteiger charge is -2.21. The highest BCUT2D eigenvalue weighted by Crippen LogP contribution is 2.22. The number of halogens is 2. The van der Waals surface area contributed by atoms with Crippen molar-refractivity contribution < 1.29 is 28.6 Å². The van der Waals surface area contributed by atoms with Gasteiger partial charge in [0.25, 0.3) is 5.91 Å². The predicted molar refractivity (Wildman–Crippen MR) is 57.2 cm³/mol. The van der Waals surface area contributed by atoms with Crippen molar-refractivity contribution in [3.8, 4) is 0 Å². The molecular formula is C11H10F2N2O4. The second-order valence-corrected chi connectivity index (χ2v) is 4.16. The zero-order chi connectivity index (χ0) is 14.2. The molecule has 2 heterocycles. The number of hydrogen-bond donors (Lipinski definition) is 2. The van der Waals surface area contributed by atoms with Gasteiger partial charge in [-0.2, -0.15) is 4.39 Å². The van der Waals surface area contributed by atoms with E-state index in [0.717, 1.165) is 17.2 Å². The van der Waals surface area contributed by atoms with Crippen LogP contribution in [0.5, 0.6) is 0 Å². The molecule has 1 aromatic rings.